The van der Waals surface area contributed by atoms with E-state index in [0.717, 1.165) is 5.82 Å². The Balaban J connectivity index is 2.28. The van der Waals surface area contributed by atoms with Crippen molar-refractivity contribution in [3.63, 3.8) is 0 Å². The van der Waals surface area contributed by atoms with Crippen molar-refractivity contribution in [2.45, 2.75) is 13.1 Å². The molecule has 2 heterocycles. The molecule has 21 heavy (non-hydrogen) atoms. The second-order valence-electron chi connectivity index (χ2n) is 4.47. The summed E-state index contributed by atoms with van der Waals surface area (Å²) in [6.07, 6.45) is 3.45. The molecule has 9 heteroatoms. The van der Waals surface area contributed by atoms with Crippen LogP contribution in [0.3, 0.4) is 0 Å². The lowest BCUT2D eigenvalue weighted by atomic mass is 10.4. The Bertz CT molecular complexity index is 729. The van der Waals surface area contributed by atoms with Crippen LogP contribution in [0, 0.1) is 0 Å². The SMILES string of the molecule is COCCn1c(N)c(NCc2nccn2C)c(=O)[nH]c1=O. The van der Waals surface area contributed by atoms with E-state index in [9.17, 15) is 9.59 Å². The lowest BCUT2D eigenvalue weighted by molar-refractivity contribution is 0.186. The molecule has 0 saturated heterocycles. The molecule has 0 radical (unpaired) electrons. The Morgan fingerprint density at radius 1 is 1.48 bits per heavy atom. The molecule has 4 N–H and O–H groups in total. The van der Waals surface area contributed by atoms with Crippen molar-refractivity contribution >= 4 is 11.5 Å². The number of ether oxygens (including phenoxy) is 1. The largest absolute Gasteiger partial charge is 0.383 e. The zero-order chi connectivity index (χ0) is 15.4. The van der Waals surface area contributed by atoms with Gasteiger partial charge in [-0.1, -0.05) is 0 Å². The molecule has 9 nitrogen and oxygen atoms in total. The number of hydrogen-bond acceptors (Lipinski definition) is 6. The minimum Gasteiger partial charge on any atom is -0.383 e. The minimum absolute atomic E-state index is 0.0787. The lowest BCUT2D eigenvalue weighted by Crippen LogP contribution is -2.35. The molecule has 114 valence electrons. The van der Waals surface area contributed by atoms with Gasteiger partial charge in [0, 0.05) is 26.6 Å². The second-order valence-corrected chi connectivity index (χ2v) is 4.47. The Morgan fingerprint density at radius 3 is 2.86 bits per heavy atom. The van der Waals surface area contributed by atoms with E-state index < -0.39 is 11.2 Å². The van der Waals surface area contributed by atoms with Crippen LogP contribution in [0.15, 0.2) is 22.0 Å². The predicted octanol–water partition coefficient (Wildman–Crippen LogP) is -0.889. The van der Waals surface area contributed by atoms with E-state index >= 15 is 0 Å². The van der Waals surface area contributed by atoms with Gasteiger partial charge in [0.15, 0.2) is 0 Å². The molecule has 0 spiro atoms. The fourth-order valence-corrected chi connectivity index (χ4v) is 1.90. The molecule has 0 aliphatic rings. The number of anilines is 2. The molecule has 0 bridgehead atoms. The summed E-state index contributed by atoms with van der Waals surface area (Å²) < 4.78 is 7.99. The van der Waals surface area contributed by atoms with Crippen molar-refractivity contribution in [2.24, 2.45) is 7.05 Å². The van der Waals surface area contributed by atoms with Crippen LogP contribution in [0.1, 0.15) is 5.82 Å². The third kappa shape index (κ3) is 3.14. The molecule has 2 aromatic rings. The summed E-state index contributed by atoms with van der Waals surface area (Å²) in [6.45, 7) is 0.892. The van der Waals surface area contributed by atoms with Gasteiger partial charge in [0.2, 0.25) is 0 Å². The van der Waals surface area contributed by atoms with Crippen LogP contribution >= 0.6 is 0 Å². The van der Waals surface area contributed by atoms with Gasteiger partial charge in [0.25, 0.3) is 5.56 Å². The number of nitrogens with two attached hydrogens (primary N) is 1. The van der Waals surface area contributed by atoms with Gasteiger partial charge < -0.3 is 20.4 Å². The van der Waals surface area contributed by atoms with Gasteiger partial charge in [-0.05, 0) is 0 Å². The topological polar surface area (TPSA) is 120 Å². The minimum atomic E-state index is -0.558. The van der Waals surface area contributed by atoms with Gasteiger partial charge in [-0.25, -0.2) is 9.78 Å². The Labute approximate surface area is 120 Å². The second kappa shape index (κ2) is 6.27. The number of aryl methyl sites for hydroxylation is 1. The van der Waals surface area contributed by atoms with Crippen LogP contribution in [0.25, 0.3) is 0 Å². The van der Waals surface area contributed by atoms with Gasteiger partial charge in [-0.3, -0.25) is 14.3 Å². The van der Waals surface area contributed by atoms with Gasteiger partial charge in [0.05, 0.1) is 19.7 Å². The van der Waals surface area contributed by atoms with E-state index in [2.05, 4.69) is 15.3 Å². The zero-order valence-corrected chi connectivity index (χ0v) is 11.9. The lowest BCUT2D eigenvalue weighted by Gasteiger charge is -2.13. The standard InChI is InChI=1S/C12H18N6O3/c1-17-4-3-14-8(17)7-15-9-10(13)18(5-6-21-2)12(20)16-11(9)19/h3-4,15H,5-7,13H2,1-2H3,(H,16,19,20). The summed E-state index contributed by atoms with van der Waals surface area (Å²) in [5, 5.41) is 2.92. The first kappa shape index (κ1) is 14.9. The maximum absolute atomic E-state index is 11.9. The van der Waals surface area contributed by atoms with Gasteiger partial charge in [-0.15, -0.1) is 0 Å². The predicted molar refractivity (Wildman–Crippen MR) is 78.1 cm³/mol. The number of nitrogens with zero attached hydrogens (tertiary/aromatic N) is 3. The van der Waals surface area contributed by atoms with Crippen LogP contribution in [0.5, 0.6) is 0 Å². The third-order valence-electron chi connectivity index (χ3n) is 3.10. The highest BCUT2D eigenvalue weighted by Gasteiger charge is 2.12. The molecule has 0 amide bonds. The van der Waals surface area contributed by atoms with E-state index in [-0.39, 0.29) is 18.1 Å². The molecule has 0 aliphatic heterocycles. The van der Waals surface area contributed by atoms with Crippen LogP contribution in [0.2, 0.25) is 0 Å². The van der Waals surface area contributed by atoms with Crippen molar-refractivity contribution < 1.29 is 4.74 Å². The van der Waals surface area contributed by atoms with Gasteiger partial charge >= 0.3 is 5.69 Å². The van der Waals surface area contributed by atoms with Crippen LogP contribution < -0.4 is 22.3 Å². The van der Waals surface area contributed by atoms with E-state index in [1.807, 2.05) is 11.6 Å². The number of methoxy groups -OCH3 is 1. The van der Waals surface area contributed by atoms with Crippen molar-refractivity contribution in [3.05, 3.63) is 39.1 Å². The zero-order valence-electron chi connectivity index (χ0n) is 11.9. The van der Waals surface area contributed by atoms with E-state index in [1.54, 1.807) is 12.4 Å². The number of nitrogen functional groups attached to an aromatic ring is 1. The van der Waals surface area contributed by atoms with E-state index in [1.165, 1.54) is 11.7 Å². The summed E-state index contributed by atoms with van der Waals surface area (Å²) in [5.41, 5.74) is 4.93. The van der Waals surface area contributed by atoms with Gasteiger partial charge in [-0.2, -0.15) is 0 Å². The smallest absolute Gasteiger partial charge is 0.330 e. The summed E-state index contributed by atoms with van der Waals surface area (Å²) in [5.74, 6) is 0.818. The van der Waals surface area contributed by atoms with E-state index in [0.29, 0.717) is 13.2 Å². The number of imidazole rings is 1. The Hall–Kier alpha value is -2.55. The maximum atomic E-state index is 11.9. The van der Waals surface area contributed by atoms with Crippen molar-refractivity contribution in [1.29, 1.82) is 0 Å². The van der Waals surface area contributed by atoms with Crippen LogP contribution in [0.4, 0.5) is 11.5 Å². The summed E-state index contributed by atoms with van der Waals surface area (Å²) in [7, 11) is 3.37. The molecule has 2 rings (SSSR count). The molecular formula is C12H18N6O3. The summed E-state index contributed by atoms with van der Waals surface area (Å²) >= 11 is 0. The first-order valence-electron chi connectivity index (χ1n) is 6.36. The number of hydrogen-bond donors (Lipinski definition) is 3. The highest BCUT2D eigenvalue weighted by atomic mass is 16.5. The fraction of sp³-hybridized carbons (Fsp3) is 0.417. The molecule has 2 aromatic heterocycles. The van der Waals surface area contributed by atoms with Crippen molar-refractivity contribution in [2.75, 3.05) is 24.8 Å². The molecular weight excluding hydrogens is 276 g/mol. The van der Waals surface area contributed by atoms with Crippen molar-refractivity contribution in [3.8, 4) is 0 Å². The number of nitrogens with one attached hydrogen (secondary N) is 2. The summed E-state index contributed by atoms with van der Waals surface area (Å²) in [4.78, 5) is 30.0. The normalized spacial score (nSPS) is 10.8. The highest BCUT2D eigenvalue weighted by Crippen LogP contribution is 2.11. The molecule has 0 aromatic carbocycles. The average Bonchev–Trinajstić information content (AvgIpc) is 2.84. The number of H-pyrrole nitrogens is 1. The van der Waals surface area contributed by atoms with E-state index in [4.69, 9.17) is 10.5 Å². The van der Waals surface area contributed by atoms with Crippen LogP contribution in [-0.4, -0.2) is 32.8 Å². The number of rotatable bonds is 6. The Kier molecular flexibility index (Phi) is 4.43. The van der Waals surface area contributed by atoms with Crippen molar-refractivity contribution in [1.82, 2.24) is 19.1 Å². The quantitative estimate of drug-likeness (QED) is 0.636. The first-order chi connectivity index (χ1) is 10.0. The molecule has 0 fully saturated rings. The molecule has 0 atom stereocenters. The highest BCUT2D eigenvalue weighted by molar-refractivity contribution is 5.60. The molecule has 0 unspecified atom stereocenters. The number of aromatic amines is 1. The first-order valence-corrected chi connectivity index (χ1v) is 6.36. The Morgan fingerprint density at radius 2 is 2.24 bits per heavy atom. The maximum Gasteiger partial charge on any atom is 0.330 e. The summed E-state index contributed by atoms with van der Waals surface area (Å²) in [6, 6.07) is 0. The average molecular weight is 294 g/mol. The monoisotopic (exact) mass is 294 g/mol. The molecule has 0 saturated carbocycles. The molecule has 0 aliphatic carbocycles. The van der Waals surface area contributed by atoms with Gasteiger partial charge in [0.1, 0.15) is 17.3 Å². The fourth-order valence-electron chi connectivity index (χ4n) is 1.90. The number of aromatic nitrogens is 4. The van der Waals surface area contributed by atoms with Crippen LogP contribution in [-0.2, 0) is 24.9 Å². The third-order valence-corrected chi connectivity index (χ3v) is 3.10.